The number of phosphoric acid groups is 2. The van der Waals surface area contributed by atoms with Crippen LogP contribution in [0.2, 0.25) is 0 Å². The number of hydrogen-bond donors (Lipinski definition) is 3. The lowest BCUT2D eigenvalue weighted by Gasteiger charge is -2.21. The first-order valence-electron chi connectivity index (χ1n) is 37.0. The highest BCUT2D eigenvalue weighted by Gasteiger charge is 2.30. The van der Waals surface area contributed by atoms with Crippen LogP contribution in [0.3, 0.4) is 0 Å². The summed E-state index contributed by atoms with van der Waals surface area (Å²) in [6.07, 6.45) is 54.9. The van der Waals surface area contributed by atoms with E-state index in [0.717, 1.165) is 115 Å². The molecule has 0 aromatic rings. The SMILES string of the molecule is CCCCCC/C=C\C=C/CCCCCCCC(=O)OC[C@H](COP(=O)(O)OC[C@@H](O)COP(=O)(O)OC[C@@H](COC(=O)CCCCCCCCCCC)OC(=O)CCCCCCCCCCCC)OC(=O)CCCCCCCCCCCCCCCCC(C)C. The fourth-order valence-electron chi connectivity index (χ4n) is 10.5. The van der Waals surface area contributed by atoms with Crippen molar-refractivity contribution in [2.75, 3.05) is 39.6 Å². The number of carbonyl (C=O) groups is 4. The largest absolute Gasteiger partial charge is 0.472 e. The van der Waals surface area contributed by atoms with E-state index in [2.05, 4.69) is 58.9 Å². The number of rotatable bonds is 70. The van der Waals surface area contributed by atoms with E-state index in [1.165, 1.54) is 154 Å². The first-order chi connectivity index (χ1) is 44.0. The summed E-state index contributed by atoms with van der Waals surface area (Å²) in [5.41, 5.74) is 0. The Balaban J connectivity index is 5.25. The number of carbonyl (C=O) groups excluding carboxylic acids is 4. The molecule has 0 aliphatic carbocycles. The highest BCUT2D eigenvalue weighted by Crippen LogP contribution is 2.45. The topological polar surface area (TPSA) is 237 Å². The van der Waals surface area contributed by atoms with Gasteiger partial charge in [-0.2, -0.15) is 0 Å². The van der Waals surface area contributed by atoms with Gasteiger partial charge in [0.15, 0.2) is 12.2 Å². The highest BCUT2D eigenvalue weighted by atomic mass is 31.2. The zero-order valence-electron chi connectivity index (χ0n) is 58.5. The fraction of sp³-hybridized carbons (Fsp3) is 0.889. The van der Waals surface area contributed by atoms with Crippen molar-refractivity contribution in [2.24, 2.45) is 5.92 Å². The molecule has 0 bridgehead atoms. The molecule has 0 radical (unpaired) electrons. The lowest BCUT2D eigenvalue weighted by molar-refractivity contribution is -0.161. The number of ether oxygens (including phenoxy) is 4. The third-order valence-electron chi connectivity index (χ3n) is 16.2. The van der Waals surface area contributed by atoms with Gasteiger partial charge >= 0.3 is 39.5 Å². The Morgan fingerprint density at radius 2 is 0.593 bits per heavy atom. The van der Waals surface area contributed by atoms with E-state index in [1.807, 2.05) is 0 Å². The number of esters is 4. The molecule has 0 spiro atoms. The molecule has 0 saturated carbocycles. The average Bonchev–Trinajstić information content (AvgIpc) is 2.75. The van der Waals surface area contributed by atoms with Gasteiger partial charge in [-0.25, -0.2) is 9.13 Å². The Bertz CT molecular complexity index is 1850. The van der Waals surface area contributed by atoms with Crippen molar-refractivity contribution in [1.82, 2.24) is 0 Å². The van der Waals surface area contributed by atoms with Gasteiger partial charge < -0.3 is 33.8 Å². The maximum absolute atomic E-state index is 13.0. The normalized spacial score (nSPS) is 14.2. The zero-order chi connectivity index (χ0) is 67.0. The molecule has 2 unspecified atom stereocenters. The molecule has 0 aliphatic heterocycles. The molecule has 0 fully saturated rings. The fourth-order valence-corrected chi connectivity index (χ4v) is 12.0. The van der Waals surface area contributed by atoms with Crippen molar-refractivity contribution in [3.05, 3.63) is 24.3 Å². The highest BCUT2D eigenvalue weighted by molar-refractivity contribution is 7.47. The third kappa shape index (κ3) is 66.0. The molecular weight excluding hydrogens is 1200 g/mol. The van der Waals surface area contributed by atoms with E-state index in [1.54, 1.807) is 0 Å². The molecule has 17 nitrogen and oxygen atoms in total. The van der Waals surface area contributed by atoms with Gasteiger partial charge in [-0.1, -0.05) is 296 Å². The molecule has 0 aromatic heterocycles. The third-order valence-corrected chi connectivity index (χ3v) is 18.1. The van der Waals surface area contributed by atoms with Crippen LogP contribution in [0, 0.1) is 5.92 Å². The van der Waals surface area contributed by atoms with Crippen LogP contribution in [0.4, 0.5) is 0 Å². The minimum absolute atomic E-state index is 0.101. The summed E-state index contributed by atoms with van der Waals surface area (Å²) in [5.74, 6) is -1.36. The van der Waals surface area contributed by atoms with Crippen LogP contribution in [-0.4, -0.2) is 96.7 Å². The second kappa shape index (κ2) is 64.9. The van der Waals surface area contributed by atoms with Gasteiger partial charge in [-0.05, 0) is 57.3 Å². The number of phosphoric ester groups is 2. The van der Waals surface area contributed by atoms with Crippen LogP contribution >= 0.6 is 15.6 Å². The van der Waals surface area contributed by atoms with Crippen LogP contribution in [0.25, 0.3) is 0 Å². The van der Waals surface area contributed by atoms with Crippen LogP contribution in [0.5, 0.6) is 0 Å². The molecule has 5 atom stereocenters. The average molecular weight is 1340 g/mol. The van der Waals surface area contributed by atoms with Gasteiger partial charge in [0.2, 0.25) is 0 Å². The van der Waals surface area contributed by atoms with Crippen LogP contribution in [-0.2, 0) is 65.4 Å². The number of aliphatic hydroxyl groups excluding tert-OH is 1. The maximum Gasteiger partial charge on any atom is 0.472 e. The lowest BCUT2D eigenvalue weighted by Crippen LogP contribution is -2.30. The summed E-state index contributed by atoms with van der Waals surface area (Å²) in [6.45, 7) is 7.19. The first-order valence-corrected chi connectivity index (χ1v) is 39.9. The number of unbranched alkanes of at least 4 members (excludes halogenated alkanes) is 39. The van der Waals surface area contributed by atoms with Gasteiger partial charge in [0.25, 0.3) is 0 Å². The van der Waals surface area contributed by atoms with Gasteiger partial charge in [-0.3, -0.25) is 37.3 Å². The first kappa shape index (κ1) is 88.5. The van der Waals surface area contributed by atoms with Gasteiger partial charge in [-0.15, -0.1) is 0 Å². The van der Waals surface area contributed by atoms with Crippen molar-refractivity contribution in [3.8, 4) is 0 Å². The lowest BCUT2D eigenvalue weighted by atomic mass is 10.0. The van der Waals surface area contributed by atoms with E-state index in [9.17, 15) is 43.2 Å². The van der Waals surface area contributed by atoms with Gasteiger partial charge in [0, 0.05) is 25.7 Å². The Morgan fingerprint density at radius 3 is 0.901 bits per heavy atom. The molecule has 19 heteroatoms. The summed E-state index contributed by atoms with van der Waals surface area (Å²) in [5, 5.41) is 10.6. The van der Waals surface area contributed by atoms with E-state index >= 15 is 0 Å². The molecule has 0 aliphatic rings. The predicted octanol–water partition coefficient (Wildman–Crippen LogP) is 20.5. The summed E-state index contributed by atoms with van der Waals surface area (Å²) >= 11 is 0. The Morgan fingerprint density at radius 1 is 0.341 bits per heavy atom. The van der Waals surface area contributed by atoms with Crippen molar-refractivity contribution >= 4 is 39.5 Å². The van der Waals surface area contributed by atoms with Crippen molar-refractivity contribution in [3.63, 3.8) is 0 Å². The maximum atomic E-state index is 13.0. The van der Waals surface area contributed by atoms with Gasteiger partial charge in [0.1, 0.15) is 19.3 Å². The van der Waals surface area contributed by atoms with Crippen molar-refractivity contribution in [1.29, 1.82) is 0 Å². The molecular formula is C72H136O17P2. The van der Waals surface area contributed by atoms with Gasteiger partial charge in [0.05, 0.1) is 26.4 Å². The minimum Gasteiger partial charge on any atom is -0.462 e. The Labute approximate surface area is 554 Å². The zero-order valence-corrected chi connectivity index (χ0v) is 60.3. The standard InChI is InChI=1S/C72H136O17P2/c1-6-9-12-15-18-21-23-24-25-29-32-37-41-46-51-56-70(75)83-62-68(89-72(77)58-53-48-43-38-33-30-27-26-28-31-35-39-44-49-54-65(4)5)64-87-91(80,81)85-60-66(73)59-84-90(78,79)86-63-67(61-82-69(74)55-50-45-40-34-20-17-14-11-8-3)88-71(76)57-52-47-42-36-22-19-16-13-10-7-2/h21,23-25,65-68,73H,6-20,22,26-64H2,1-5H3,(H,78,79)(H,80,81)/b23-21-,25-24-/t66-,67+,68+/m0/s1. The summed E-state index contributed by atoms with van der Waals surface area (Å²) in [4.78, 5) is 72.5. The smallest absolute Gasteiger partial charge is 0.462 e. The summed E-state index contributed by atoms with van der Waals surface area (Å²) in [7, 11) is -9.91. The molecule has 0 amide bonds. The molecule has 91 heavy (non-hydrogen) atoms. The van der Waals surface area contributed by atoms with E-state index < -0.39 is 97.5 Å². The minimum atomic E-state index is -4.96. The molecule has 0 rings (SSSR count). The van der Waals surface area contributed by atoms with Crippen LogP contribution in [0.15, 0.2) is 24.3 Å². The monoisotopic (exact) mass is 1330 g/mol. The van der Waals surface area contributed by atoms with Crippen molar-refractivity contribution in [2.45, 2.75) is 368 Å². The molecule has 0 heterocycles. The van der Waals surface area contributed by atoms with E-state index in [0.29, 0.717) is 25.7 Å². The Hall–Kier alpha value is -2.46. The second-order valence-electron chi connectivity index (χ2n) is 25.8. The molecule has 536 valence electrons. The molecule has 3 N–H and O–H groups in total. The number of hydrogen-bond acceptors (Lipinski definition) is 15. The predicted molar refractivity (Wildman–Crippen MR) is 368 cm³/mol. The Kier molecular flexibility index (Phi) is 63.1. The molecule has 0 saturated heterocycles. The van der Waals surface area contributed by atoms with Crippen LogP contribution < -0.4 is 0 Å². The summed E-state index contributed by atoms with van der Waals surface area (Å²) < 4.78 is 68.2. The molecule has 0 aromatic carbocycles. The van der Waals surface area contributed by atoms with E-state index in [-0.39, 0.29) is 25.7 Å². The van der Waals surface area contributed by atoms with Crippen LogP contribution in [0.1, 0.15) is 349 Å². The van der Waals surface area contributed by atoms with E-state index in [4.69, 9.17) is 37.0 Å². The van der Waals surface area contributed by atoms with Crippen molar-refractivity contribution < 1.29 is 80.2 Å². The number of allylic oxidation sites excluding steroid dienone is 4. The summed E-state index contributed by atoms with van der Waals surface area (Å²) in [6, 6.07) is 0. The second-order valence-corrected chi connectivity index (χ2v) is 28.7. The quantitative estimate of drug-likeness (QED) is 0.0169. The number of aliphatic hydroxyl groups is 1.